The van der Waals surface area contributed by atoms with Gasteiger partial charge in [-0.05, 0) is 19.4 Å². The van der Waals surface area contributed by atoms with Crippen LogP contribution >= 0.6 is 0 Å². The van der Waals surface area contributed by atoms with Crippen molar-refractivity contribution < 1.29 is 14.3 Å². The molecular weight excluding hydrogens is 272 g/mol. The van der Waals surface area contributed by atoms with Gasteiger partial charge >= 0.3 is 0 Å². The topological polar surface area (TPSA) is 85.4 Å². The first-order valence-corrected chi connectivity index (χ1v) is 7.13. The molecular formula is C14H22N4O3. The highest BCUT2D eigenvalue weighted by Gasteiger charge is 2.40. The molecule has 0 bridgehead atoms. The number of carbonyl (C=O) groups excluding carboxylic acids is 1. The van der Waals surface area contributed by atoms with Crippen LogP contribution in [0.25, 0.3) is 0 Å². The number of aromatic nitrogens is 2. The Hall–Kier alpha value is -1.89. The standard InChI is InChI=1S/C14H22N4O3/c1-4-5-14(6-7-15-9-14)12(19)18-13-16-10(20-2)8-11(17-13)21-3/h8,15H,4-7,9H2,1-3H3,(H,16,17,18,19). The first kappa shape index (κ1) is 15.5. The zero-order chi connectivity index (χ0) is 15.3. The number of nitrogens with one attached hydrogen (secondary N) is 2. The van der Waals surface area contributed by atoms with Crippen molar-refractivity contribution in [3.05, 3.63) is 6.07 Å². The molecule has 0 radical (unpaired) electrons. The predicted molar refractivity (Wildman–Crippen MR) is 78.6 cm³/mol. The van der Waals surface area contributed by atoms with Gasteiger partial charge in [0.25, 0.3) is 0 Å². The molecule has 2 heterocycles. The highest BCUT2D eigenvalue weighted by molar-refractivity contribution is 5.94. The van der Waals surface area contributed by atoms with Gasteiger partial charge in [-0.2, -0.15) is 9.97 Å². The summed E-state index contributed by atoms with van der Waals surface area (Å²) in [6.07, 6.45) is 2.62. The number of rotatable bonds is 6. The molecule has 116 valence electrons. The second kappa shape index (κ2) is 6.71. The van der Waals surface area contributed by atoms with Crippen LogP contribution in [0.5, 0.6) is 11.8 Å². The van der Waals surface area contributed by atoms with Crippen molar-refractivity contribution >= 4 is 11.9 Å². The summed E-state index contributed by atoms with van der Waals surface area (Å²) in [6, 6.07) is 1.56. The summed E-state index contributed by atoms with van der Waals surface area (Å²) in [5.41, 5.74) is -0.381. The molecule has 1 aromatic heterocycles. The maximum Gasteiger partial charge on any atom is 0.236 e. The van der Waals surface area contributed by atoms with Gasteiger partial charge in [0.15, 0.2) is 0 Å². The first-order chi connectivity index (χ1) is 10.1. The zero-order valence-electron chi connectivity index (χ0n) is 12.7. The van der Waals surface area contributed by atoms with Crippen LogP contribution in [-0.4, -0.2) is 43.2 Å². The summed E-state index contributed by atoms with van der Waals surface area (Å²) in [5, 5.41) is 6.06. The van der Waals surface area contributed by atoms with Gasteiger partial charge in [-0.15, -0.1) is 0 Å². The molecule has 1 amide bonds. The van der Waals surface area contributed by atoms with Gasteiger partial charge < -0.3 is 14.8 Å². The minimum atomic E-state index is -0.381. The molecule has 1 aliphatic heterocycles. The van der Waals surface area contributed by atoms with Crippen LogP contribution in [0.4, 0.5) is 5.95 Å². The molecule has 0 aromatic carbocycles. The molecule has 2 rings (SSSR count). The van der Waals surface area contributed by atoms with Gasteiger partial charge in [-0.25, -0.2) is 0 Å². The summed E-state index contributed by atoms with van der Waals surface area (Å²) in [6.45, 7) is 3.63. The molecule has 0 aliphatic carbocycles. The lowest BCUT2D eigenvalue weighted by Crippen LogP contribution is -2.38. The number of ether oxygens (including phenoxy) is 2. The van der Waals surface area contributed by atoms with Crippen molar-refractivity contribution in [3.63, 3.8) is 0 Å². The Balaban J connectivity index is 2.18. The molecule has 21 heavy (non-hydrogen) atoms. The van der Waals surface area contributed by atoms with E-state index in [1.165, 1.54) is 14.2 Å². The van der Waals surface area contributed by atoms with E-state index in [0.717, 1.165) is 25.8 Å². The Morgan fingerprint density at radius 1 is 1.38 bits per heavy atom. The number of anilines is 1. The fraction of sp³-hybridized carbons (Fsp3) is 0.643. The van der Waals surface area contributed by atoms with Gasteiger partial charge in [0, 0.05) is 6.54 Å². The first-order valence-electron chi connectivity index (χ1n) is 7.13. The van der Waals surface area contributed by atoms with Gasteiger partial charge in [0.2, 0.25) is 23.6 Å². The number of carbonyl (C=O) groups is 1. The molecule has 1 fully saturated rings. The fourth-order valence-electron chi connectivity index (χ4n) is 2.65. The van der Waals surface area contributed by atoms with Crippen LogP contribution in [-0.2, 0) is 4.79 Å². The van der Waals surface area contributed by atoms with Crippen LogP contribution in [0.1, 0.15) is 26.2 Å². The number of nitrogens with zero attached hydrogens (tertiary/aromatic N) is 2. The third-order valence-corrected chi connectivity index (χ3v) is 3.78. The number of hydrogen-bond donors (Lipinski definition) is 2. The van der Waals surface area contributed by atoms with Crippen molar-refractivity contribution in [1.29, 1.82) is 0 Å². The van der Waals surface area contributed by atoms with E-state index in [-0.39, 0.29) is 17.3 Å². The fourth-order valence-corrected chi connectivity index (χ4v) is 2.65. The van der Waals surface area contributed by atoms with E-state index in [2.05, 4.69) is 27.5 Å². The smallest absolute Gasteiger partial charge is 0.236 e. The van der Waals surface area contributed by atoms with Crippen molar-refractivity contribution in [2.45, 2.75) is 26.2 Å². The van der Waals surface area contributed by atoms with Gasteiger partial charge in [0.1, 0.15) is 0 Å². The Bertz CT molecular complexity index is 479. The second-order valence-electron chi connectivity index (χ2n) is 5.19. The monoisotopic (exact) mass is 294 g/mol. The van der Waals surface area contributed by atoms with Crippen LogP contribution < -0.4 is 20.1 Å². The normalized spacial score (nSPS) is 21.1. The van der Waals surface area contributed by atoms with E-state index in [4.69, 9.17) is 9.47 Å². The third kappa shape index (κ3) is 3.41. The highest BCUT2D eigenvalue weighted by atomic mass is 16.5. The van der Waals surface area contributed by atoms with Crippen molar-refractivity contribution in [1.82, 2.24) is 15.3 Å². The van der Waals surface area contributed by atoms with E-state index in [0.29, 0.717) is 18.3 Å². The predicted octanol–water partition coefficient (Wildman–Crippen LogP) is 1.21. The molecule has 1 aliphatic rings. The van der Waals surface area contributed by atoms with Crippen molar-refractivity contribution in [3.8, 4) is 11.8 Å². The van der Waals surface area contributed by atoms with Crippen molar-refractivity contribution in [2.24, 2.45) is 5.41 Å². The summed E-state index contributed by atoms with van der Waals surface area (Å²) in [4.78, 5) is 20.9. The maximum absolute atomic E-state index is 12.6. The van der Waals surface area contributed by atoms with Gasteiger partial charge in [0.05, 0.1) is 25.7 Å². The largest absolute Gasteiger partial charge is 0.481 e. The lowest BCUT2D eigenvalue weighted by atomic mass is 9.81. The van der Waals surface area contributed by atoms with E-state index >= 15 is 0 Å². The quantitative estimate of drug-likeness (QED) is 0.820. The van der Waals surface area contributed by atoms with E-state index < -0.39 is 0 Å². The number of hydrogen-bond acceptors (Lipinski definition) is 6. The number of methoxy groups -OCH3 is 2. The molecule has 2 N–H and O–H groups in total. The van der Waals surface area contributed by atoms with E-state index in [1.54, 1.807) is 6.07 Å². The average Bonchev–Trinajstić information content (AvgIpc) is 2.97. The Labute approximate surface area is 124 Å². The van der Waals surface area contributed by atoms with Crippen LogP contribution in [0.2, 0.25) is 0 Å². The SMILES string of the molecule is CCCC1(C(=O)Nc2nc(OC)cc(OC)n2)CCNC1. The summed E-state index contributed by atoms with van der Waals surface area (Å²) in [5.74, 6) is 0.862. The second-order valence-corrected chi connectivity index (χ2v) is 5.19. The van der Waals surface area contributed by atoms with Crippen LogP contribution in [0.3, 0.4) is 0 Å². The van der Waals surface area contributed by atoms with E-state index in [9.17, 15) is 4.79 Å². The van der Waals surface area contributed by atoms with Gasteiger partial charge in [-0.1, -0.05) is 13.3 Å². The van der Waals surface area contributed by atoms with Crippen molar-refractivity contribution in [2.75, 3.05) is 32.6 Å². The summed E-state index contributed by atoms with van der Waals surface area (Å²) in [7, 11) is 3.01. The van der Waals surface area contributed by atoms with Gasteiger partial charge in [-0.3, -0.25) is 10.1 Å². The average molecular weight is 294 g/mol. The molecule has 7 heteroatoms. The van der Waals surface area contributed by atoms with E-state index in [1.807, 2.05) is 0 Å². The lowest BCUT2D eigenvalue weighted by molar-refractivity contribution is -0.125. The minimum Gasteiger partial charge on any atom is -0.481 e. The molecule has 7 nitrogen and oxygen atoms in total. The Kier molecular flexibility index (Phi) is 4.95. The Morgan fingerprint density at radius 3 is 2.52 bits per heavy atom. The summed E-state index contributed by atoms with van der Waals surface area (Å²) < 4.78 is 10.2. The highest BCUT2D eigenvalue weighted by Crippen LogP contribution is 2.32. The molecule has 1 atom stereocenters. The van der Waals surface area contributed by atoms with Crippen LogP contribution in [0, 0.1) is 5.41 Å². The molecule has 1 saturated heterocycles. The minimum absolute atomic E-state index is 0.0512. The number of amides is 1. The summed E-state index contributed by atoms with van der Waals surface area (Å²) >= 11 is 0. The molecule has 0 spiro atoms. The Morgan fingerprint density at radius 2 is 2.05 bits per heavy atom. The maximum atomic E-state index is 12.6. The lowest BCUT2D eigenvalue weighted by Gasteiger charge is -2.25. The third-order valence-electron chi connectivity index (χ3n) is 3.78. The molecule has 1 aromatic rings. The van der Waals surface area contributed by atoms with Crippen LogP contribution in [0.15, 0.2) is 6.07 Å². The molecule has 0 saturated carbocycles. The molecule has 1 unspecified atom stereocenters. The zero-order valence-corrected chi connectivity index (χ0v) is 12.7.